The van der Waals surface area contributed by atoms with E-state index in [9.17, 15) is 13.0 Å². The van der Waals surface area contributed by atoms with Gasteiger partial charge in [0.2, 0.25) is 0 Å². The molecule has 0 aliphatic rings. The summed E-state index contributed by atoms with van der Waals surface area (Å²) in [7, 11) is -3.96. The molecule has 0 aliphatic heterocycles. The maximum absolute atomic E-state index is 12.8. The van der Waals surface area contributed by atoms with Gasteiger partial charge in [-0.25, -0.2) is 4.57 Å². The maximum Gasteiger partial charge on any atom is 0.440 e. The second-order valence-corrected chi connectivity index (χ2v) is 11.1. The Morgan fingerprint density at radius 2 is 1.70 bits per heavy atom. The number of benzene rings is 2. The summed E-state index contributed by atoms with van der Waals surface area (Å²) >= 11 is 1.14. The third-order valence-corrected chi connectivity index (χ3v) is 8.39. The van der Waals surface area contributed by atoms with Gasteiger partial charge in [-0.15, -0.1) is 0 Å². The number of hydrogen-bond acceptors (Lipinski definition) is 7. The van der Waals surface area contributed by atoms with Gasteiger partial charge in [-0.3, -0.25) is 4.52 Å². The maximum atomic E-state index is 12.8. The summed E-state index contributed by atoms with van der Waals surface area (Å²) in [4.78, 5) is 0.0476. The van der Waals surface area contributed by atoms with Crippen LogP contribution in [0.4, 0.5) is 0 Å². The molecule has 0 radical (unpaired) electrons. The lowest BCUT2D eigenvalue weighted by Gasteiger charge is -2.18. The number of rotatable bonds is 11. The zero-order valence-corrected chi connectivity index (χ0v) is 17.8. The summed E-state index contributed by atoms with van der Waals surface area (Å²) in [6, 6.07) is 13.9. The fourth-order valence-corrected chi connectivity index (χ4v) is 6.51. The Bertz CT molecular complexity index is 870. The van der Waals surface area contributed by atoms with E-state index in [1.54, 1.807) is 37.3 Å². The van der Waals surface area contributed by atoms with E-state index in [1.807, 2.05) is 6.92 Å². The van der Waals surface area contributed by atoms with Crippen LogP contribution in [0.2, 0.25) is 0 Å². The average molecular weight is 430 g/mol. The molecule has 0 bridgehead atoms. The molecule has 2 aromatic carbocycles. The monoisotopic (exact) mass is 430 g/mol. The molecule has 2 rings (SSSR count). The Kier molecular flexibility index (Phi) is 8.23. The van der Waals surface area contributed by atoms with Crippen molar-refractivity contribution in [2.45, 2.75) is 31.6 Å². The van der Waals surface area contributed by atoms with Crippen molar-refractivity contribution in [3.05, 3.63) is 54.6 Å². The van der Waals surface area contributed by atoms with Crippen LogP contribution in [0.3, 0.4) is 0 Å². The van der Waals surface area contributed by atoms with Gasteiger partial charge >= 0.3 is 16.9 Å². The molecule has 1 unspecified atom stereocenters. The second-order valence-electron chi connectivity index (χ2n) is 5.47. The van der Waals surface area contributed by atoms with E-state index >= 15 is 0 Å². The lowest BCUT2D eigenvalue weighted by atomic mass is 10.3. The summed E-state index contributed by atoms with van der Waals surface area (Å²) in [5.41, 5.74) is 0. The van der Waals surface area contributed by atoms with Crippen molar-refractivity contribution in [2.24, 2.45) is 0 Å². The van der Waals surface area contributed by atoms with E-state index in [2.05, 4.69) is 0 Å². The molecule has 2 aromatic rings. The quantitative estimate of drug-likeness (QED) is 0.264. The van der Waals surface area contributed by atoms with Crippen LogP contribution >= 0.6 is 18.2 Å². The van der Waals surface area contributed by atoms with E-state index in [1.165, 1.54) is 24.3 Å². The molecule has 0 fully saturated rings. The highest BCUT2D eigenvalue weighted by Crippen LogP contribution is 2.60. The molecule has 0 N–H and O–H groups in total. The SMILES string of the molecule is CCCCSP(=O)(OCC)Oc1cccc(OS(=O)(=O)c2ccccc2)c1. The first kappa shape index (κ1) is 21.8. The van der Waals surface area contributed by atoms with Crippen LogP contribution in [0.5, 0.6) is 11.5 Å². The van der Waals surface area contributed by atoms with Crippen LogP contribution in [-0.4, -0.2) is 20.8 Å². The fraction of sp³-hybridized carbons (Fsp3) is 0.333. The van der Waals surface area contributed by atoms with Crippen LogP contribution in [-0.2, 0) is 19.2 Å². The molecule has 0 saturated heterocycles. The summed E-state index contributed by atoms with van der Waals surface area (Å²) in [5.74, 6) is 0.932. The van der Waals surface area contributed by atoms with Crippen molar-refractivity contribution < 1.29 is 26.2 Å². The van der Waals surface area contributed by atoms with E-state index < -0.39 is 16.9 Å². The lowest BCUT2D eigenvalue weighted by Crippen LogP contribution is -2.09. The molecule has 27 heavy (non-hydrogen) atoms. The van der Waals surface area contributed by atoms with Crippen LogP contribution < -0.4 is 8.71 Å². The summed E-state index contributed by atoms with van der Waals surface area (Å²) < 4.78 is 53.5. The smallest absolute Gasteiger partial charge is 0.417 e. The first-order valence-corrected chi connectivity index (χ1v) is 13.1. The Morgan fingerprint density at radius 1 is 1.00 bits per heavy atom. The predicted octanol–water partition coefficient (Wildman–Crippen LogP) is 5.51. The van der Waals surface area contributed by atoms with Gasteiger partial charge < -0.3 is 8.71 Å². The molecule has 6 nitrogen and oxygen atoms in total. The molecule has 0 saturated carbocycles. The van der Waals surface area contributed by atoms with Gasteiger partial charge in [-0.05, 0) is 49.0 Å². The van der Waals surface area contributed by atoms with Crippen molar-refractivity contribution in [3.63, 3.8) is 0 Å². The first-order valence-electron chi connectivity index (χ1n) is 8.57. The minimum Gasteiger partial charge on any atom is -0.417 e. The molecule has 9 heteroatoms. The first-order chi connectivity index (χ1) is 12.9. The Morgan fingerprint density at radius 3 is 2.37 bits per heavy atom. The highest BCUT2D eigenvalue weighted by molar-refractivity contribution is 8.55. The van der Waals surface area contributed by atoms with Crippen molar-refractivity contribution in [2.75, 3.05) is 12.4 Å². The van der Waals surface area contributed by atoms with E-state index in [0.717, 1.165) is 24.2 Å². The van der Waals surface area contributed by atoms with Gasteiger partial charge in [0.25, 0.3) is 0 Å². The highest BCUT2D eigenvalue weighted by atomic mass is 32.7. The van der Waals surface area contributed by atoms with Crippen molar-refractivity contribution in [1.29, 1.82) is 0 Å². The average Bonchev–Trinajstić information content (AvgIpc) is 2.63. The summed E-state index contributed by atoms with van der Waals surface area (Å²) in [6.45, 7) is 0.638. The minimum absolute atomic E-state index is 0.0476. The van der Waals surface area contributed by atoms with E-state index in [-0.39, 0.29) is 23.0 Å². The van der Waals surface area contributed by atoms with E-state index in [0.29, 0.717) is 5.75 Å². The van der Waals surface area contributed by atoms with Crippen molar-refractivity contribution >= 4 is 28.3 Å². The van der Waals surface area contributed by atoms with Gasteiger partial charge in [0.05, 0.1) is 6.61 Å². The normalized spacial score (nSPS) is 13.7. The van der Waals surface area contributed by atoms with E-state index in [4.69, 9.17) is 13.2 Å². The van der Waals surface area contributed by atoms with Crippen LogP contribution in [0.15, 0.2) is 59.5 Å². The fourth-order valence-electron chi connectivity index (χ4n) is 2.04. The Balaban J connectivity index is 2.15. The van der Waals surface area contributed by atoms with Crippen LogP contribution in [0.25, 0.3) is 0 Å². The van der Waals surface area contributed by atoms with Gasteiger partial charge in [-0.2, -0.15) is 8.42 Å². The molecule has 0 aromatic heterocycles. The Labute approximate surface area is 164 Å². The standard InChI is InChI=1S/C18H23O6PS2/c1-3-5-14-26-25(19,22-4-2)23-16-10-9-11-17(15-16)24-27(20,21)18-12-7-6-8-13-18/h6-13,15H,3-5,14H2,1-2H3. The zero-order valence-electron chi connectivity index (χ0n) is 15.2. The minimum atomic E-state index is -3.96. The molecule has 1 atom stereocenters. The molecule has 0 heterocycles. The molecule has 0 amide bonds. The lowest BCUT2D eigenvalue weighted by molar-refractivity contribution is 0.296. The molecular weight excluding hydrogens is 407 g/mol. The van der Waals surface area contributed by atoms with Crippen molar-refractivity contribution in [3.8, 4) is 11.5 Å². The molecule has 148 valence electrons. The highest BCUT2D eigenvalue weighted by Gasteiger charge is 2.27. The third kappa shape index (κ3) is 6.88. The predicted molar refractivity (Wildman–Crippen MR) is 108 cm³/mol. The van der Waals surface area contributed by atoms with Crippen LogP contribution in [0.1, 0.15) is 26.7 Å². The van der Waals surface area contributed by atoms with Crippen molar-refractivity contribution in [1.82, 2.24) is 0 Å². The number of unbranched alkanes of at least 4 members (excludes halogenated alkanes) is 1. The largest absolute Gasteiger partial charge is 0.440 e. The molecular formula is C18H23O6PS2. The van der Waals surface area contributed by atoms with Gasteiger partial charge in [0.1, 0.15) is 16.4 Å². The van der Waals surface area contributed by atoms with Gasteiger partial charge in [0.15, 0.2) is 0 Å². The third-order valence-electron chi connectivity index (χ3n) is 3.30. The van der Waals surface area contributed by atoms with Crippen LogP contribution in [0, 0.1) is 0 Å². The Hall–Kier alpha value is -1.47. The van der Waals surface area contributed by atoms with Gasteiger partial charge in [0, 0.05) is 11.8 Å². The molecule has 0 spiro atoms. The topological polar surface area (TPSA) is 78.9 Å². The van der Waals surface area contributed by atoms with Gasteiger partial charge in [-0.1, -0.05) is 37.6 Å². The second kappa shape index (κ2) is 10.2. The summed E-state index contributed by atoms with van der Waals surface area (Å²) in [5, 5.41) is 0. The molecule has 0 aliphatic carbocycles. The zero-order chi connectivity index (χ0) is 19.8. The summed E-state index contributed by atoms with van der Waals surface area (Å²) in [6.07, 6.45) is 1.86. The number of hydrogen-bond donors (Lipinski definition) is 0.